The maximum Gasteiger partial charge on any atom is 0.238 e. The summed E-state index contributed by atoms with van der Waals surface area (Å²) in [7, 11) is -3.72. The molecule has 30 heavy (non-hydrogen) atoms. The average molecular weight is 432 g/mol. The second-order valence-corrected chi connectivity index (χ2v) is 9.77. The Bertz CT molecular complexity index is 970. The number of allylic oxidation sites excluding steroid dienone is 2. The molecule has 3 N–H and O–H groups in total. The molecule has 4 atom stereocenters. The summed E-state index contributed by atoms with van der Waals surface area (Å²) in [4.78, 5) is 39.0. The van der Waals surface area contributed by atoms with Crippen molar-refractivity contribution >= 4 is 27.7 Å². The van der Waals surface area contributed by atoms with Gasteiger partial charge in [-0.2, -0.15) is 0 Å². The number of nitrogens with one attached hydrogen (secondary N) is 1. The van der Waals surface area contributed by atoms with Gasteiger partial charge in [-0.1, -0.05) is 24.3 Å². The van der Waals surface area contributed by atoms with E-state index in [0.29, 0.717) is 13.0 Å². The quantitative estimate of drug-likeness (QED) is 0.482. The number of imide groups is 1. The van der Waals surface area contributed by atoms with Crippen LogP contribution < -0.4 is 10.5 Å². The third-order valence-electron chi connectivity index (χ3n) is 6.40. The van der Waals surface area contributed by atoms with Crippen molar-refractivity contribution < 1.29 is 22.8 Å². The van der Waals surface area contributed by atoms with Gasteiger partial charge in [0.25, 0.3) is 0 Å². The molecule has 0 radical (unpaired) electrons. The van der Waals surface area contributed by atoms with Crippen LogP contribution in [0, 0.1) is 23.7 Å². The second-order valence-electron chi connectivity index (χ2n) is 8.21. The fraction of sp³-hybridized carbons (Fsp3) is 0.476. The fourth-order valence-corrected chi connectivity index (χ4v) is 5.37. The summed E-state index contributed by atoms with van der Waals surface area (Å²) in [5.74, 6) is -0.688. The molecule has 1 saturated heterocycles. The number of amides is 3. The van der Waals surface area contributed by atoms with Gasteiger partial charge in [0.1, 0.15) is 0 Å². The van der Waals surface area contributed by atoms with Crippen molar-refractivity contribution in [2.45, 2.75) is 30.6 Å². The van der Waals surface area contributed by atoms with Crippen LogP contribution >= 0.6 is 0 Å². The molecule has 0 aromatic heterocycles. The SMILES string of the molecule is NS(=O)(=O)c1ccc(CCNC(=O)CCN2C(=O)C3C4C=CC(CC4)C3C2=O)cc1. The molecule has 0 spiro atoms. The topological polar surface area (TPSA) is 127 Å². The van der Waals surface area contributed by atoms with Crippen LogP contribution in [0.4, 0.5) is 0 Å². The molecule has 9 heteroatoms. The number of nitrogens with two attached hydrogens (primary N) is 1. The fourth-order valence-electron chi connectivity index (χ4n) is 4.85. The number of benzene rings is 1. The molecule has 2 bridgehead atoms. The van der Waals surface area contributed by atoms with Gasteiger partial charge in [0.15, 0.2) is 0 Å². The van der Waals surface area contributed by atoms with Gasteiger partial charge in [0, 0.05) is 19.5 Å². The average Bonchev–Trinajstić information content (AvgIpc) is 2.99. The third kappa shape index (κ3) is 3.91. The standard InChI is InChI=1S/C21H25N3O5S/c22-30(28,29)16-7-1-13(2-8-16)9-11-23-17(25)10-12-24-20(26)18-14-3-4-15(6-5-14)19(18)21(24)27/h1-4,7-8,14-15,18-19H,5-6,9-12H2,(H,23,25)(H2,22,28,29). The molecule has 2 fully saturated rings. The molecular formula is C21H25N3O5S. The number of carbonyl (C=O) groups excluding carboxylic acids is 3. The molecule has 1 aromatic carbocycles. The summed E-state index contributed by atoms with van der Waals surface area (Å²) in [6.45, 7) is 0.480. The summed E-state index contributed by atoms with van der Waals surface area (Å²) >= 11 is 0. The Labute approximate surface area is 175 Å². The Morgan fingerprint density at radius 1 is 1.03 bits per heavy atom. The molecule has 160 valence electrons. The number of nitrogens with zero attached hydrogens (tertiary/aromatic N) is 1. The van der Waals surface area contributed by atoms with Crippen molar-refractivity contribution in [3.63, 3.8) is 0 Å². The summed E-state index contributed by atoms with van der Waals surface area (Å²) in [5, 5.41) is 7.85. The van der Waals surface area contributed by atoms with E-state index in [1.807, 2.05) is 0 Å². The van der Waals surface area contributed by atoms with Crippen LogP contribution in [-0.4, -0.2) is 44.1 Å². The van der Waals surface area contributed by atoms with Crippen molar-refractivity contribution in [2.75, 3.05) is 13.1 Å². The maximum absolute atomic E-state index is 12.7. The van der Waals surface area contributed by atoms with Gasteiger partial charge in [-0.15, -0.1) is 0 Å². The molecule has 1 saturated carbocycles. The number of rotatable bonds is 7. The summed E-state index contributed by atoms with van der Waals surface area (Å²) in [5.41, 5.74) is 0.861. The number of sulfonamides is 1. The molecule has 1 aliphatic heterocycles. The zero-order chi connectivity index (χ0) is 21.5. The number of likely N-dealkylation sites (tertiary alicyclic amines) is 1. The van der Waals surface area contributed by atoms with E-state index in [2.05, 4.69) is 17.5 Å². The zero-order valence-corrected chi connectivity index (χ0v) is 17.3. The number of hydrogen-bond acceptors (Lipinski definition) is 5. The molecule has 1 aromatic rings. The lowest BCUT2D eigenvalue weighted by molar-refractivity contribution is -0.140. The van der Waals surface area contributed by atoms with Gasteiger partial charge in [-0.3, -0.25) is 19.3 Å². The summed E-state index contributed by atoms with van der Waals surface area (Å²) in [6, 6.07) is 6.16. The predicted molar refractivity (Wildman–Crippen MR) is 108 cm³/mol. The first-order valence-corrected chi connectivity index (χ1v) is 11.7. The van der Waals surface area contributed by atoms with Crippen LogP contribution in [-0.2, 0) is 30.8 Å². The van der Waals surface area contributed by atoms with Crippen LogP contribution in [0.5, 0.6) is 0 Å². The first-order valence-electron chi connectivity index (χ1n) is 10.2. The Kier molecular flexibility index (Phi) is 5.50. The smallest absolute Gasteiger partial charge is 0.238 e. The van der Waals surface area contributed by atoms with E-state index in [0.717, 1.165) is 18.4 Å². The van der Waals surface area contributed by atoms with Crippen LogP contribution in [0.1, 0.15) is 24.8 Å². The van der Waals surface area contributed by atoms with Gasteiger partial charge >= 0.3 is 0 Å². The van der Waals surface area contributed by atoms with Gasteiger partial charge < -0.3 is 5.32 Å². The van der Waals surface area contributed by atoms with E-state index >= 15 is 0 Å². The van der Waals surface area contributed by atoms with Crippen molar-refractivity contribution in [2.24, 2.45) is 28.8 Å². The van der Waals surface area contributed by atoms with Crippen LogP contribution in [0.3, 0.4) is 0 Å². The first-order chi connectivity index (χ1) is 14.3. The Balaban J connectivity index is 1.25. The van der Waals surface area contributed by atoms with Gasteiger partial charge in [0.05, 0.1) is 16.7 Å². The highest BCUT2D eigenvalue weighted by Gasteiger charge is 2.56. The third-order valence-corrected chi connectivity index (χ3v) is 7.33. The van der Waals surface area contributed by atoms with E-state index in [9.17, 15) is 22.8 Å². The molecule has 3 aliphatic carbocycles. The van der Waals surface area contributed by atoms with Crippen molar-refractivity contribution in [1.29, 1.82) is 0 Å². The number of primary sulfonamides is 1. The van der Waals surface area contributed by atoms with Gasteiger partial charge in [0.2, 0.25) is 27.7 Å². The number of hydrogen-bond donors (Lipinski definition) is 2. The highest BCUT2D eigenvalue weighted by atomic mass is 32.2. The van der Waals surface area contributed by atoms with Gasteiger partial charge in [-0.05, 0) is 48.8 Å². The minimum atomic E-state index is -3.72. The normalized spacial score (nSPS) is 27.4. The molecule has 4 unspecified atom stereocenters. The lowest BCUT2D eigenvalue weighted by Crippen LogP contribution is -2.38. The molecule has 5 rings (SSSR count). The largest absolute Gasteiger partial charge is 0.356 e. The molecule has 4 aliphatic rings. The van der Waals surface area contributed by atoms with Crippen molar-refractivity contribution in [3.05, 3.63) is 42.0 Å². The molecular weight excluding hydrogens is 406 g/mol. The van der Waals surface area contributed by atoms with E-state index in [1.54, 1.807) is 12.1 Å². The molecule has 1 heterocycles. The predicted octanol–water partition coefficient (Wildman–Crippen LogP) is 0.580. The summed E-state index contributed by atoms with van der Waals surface area (Å²) < 4.78 is 22.5. The van der Waals surface area contributed by atoms with Crippen LogP contribution in [0.25, 0.3) is 0 Å². The lowest BCUT2D eigenvalue weighted by Gasteiger charge is -2.38. The monoisotopic (exact) mass is 431 g/mol. The lowest BCUT2D eigenvalue weighted by atomic mass is 9.63. The van der Waals surface area contributed by atoms with E-state index in [4.69, 9.17) is 5.14 Å². The number of carbonyl (C=O) groups is 3. The highest BCUT2D eigenvalue weighted by molar-refractivity contribution is 7.89. The Morgan fingerprint density at radius 3 is 2.10 bits per heavy atom. The van der Waals surface area contributed by atoms with Crippen molar-refractivity contribution in [1.82, 2.24) is 10.2 Å². The van der Waals surface area contributed by atoms with Crippen LogP contribution in [0.2, 0.25) is 0 Å². The molecule has 3 amide bonds. The maximum atomic E-state index is 12.7. The highest BCUT2D eigenvalue weighted by Crippen LogP contribution is 2.49. The van der Waals surface area contributed by atoms with E-state index in [1.165, 1.54) is 17.0 Å². The molecule has 8 nitrogen and oxygen atoms in total. The first kappa shape index (κ1) is 20.7. The minimum Gasteiger partial charge on any atom is -0.356 e. The number of fused-ring (bicyclic) bond motifs is 1. The summed E-state index contributed by atoms with van der Waals surface area (Å²) in [6.07, 6.45) is 6.65. The second kappa shape index (κ2) is 7.96. The van der Waals surface area contributed by atoms with Crippen LogP contribution in [0.15, 0.2) is 41.3 Å². The van der Waals surface area contributed by atoms with Gasteiger partial charge in [-0.25, -0.2) is 13.6 Å². The van der Waals surface area contributed by atoms with E-state index in [-0.39, 0.29) is 59.3 Å². The minimum absolute atomic E-state index is 0.0411. The van der Waals surface area contributed by atoms with E-state index < -0.39 is 10.0 Å². The van der Waals surface area contributed by atoms with Crippen molar-refractivity contribution in [3.8, 4) is 0 Å². The zero-order valence-electron chi connectivity index (χ0n) is 16.5. The Hall–Kier alpha value is -2.52. The Morgan fingerprint density at radius 2 is 1.60 bits per heavy atom.